The first kappa shape index (κ1) is 20.1. The molecule has 1 aliphatic heterocycles. The maximum atomic E-state index is 15.6. The van der Waals surface area contributed by atoms with E-state index in [-0.39, 0.29) is 28.5 Å². The van der Waals surface area contributed by atoms with Gasteiger partial charge < -0.3 is 19.3 Å². The van der Waals surface area contributed by atoms with Crippen molar-refractivity contribution >= 4 is 39.7 Å². The molecule has 0 spiro atoms. The molecule has 1 aromatic carbocycles. The Morgan fingerprint density at radius 3 is 2.67 bits per heavy atom. The highest BCUT2D eigenvalue weighted by atomic mass is 35.5. The second kappa shape index (κ2) is 7.24. The highest BCUT2D eigenvalue weighted by Gasteiger charge is 2.51. The predicted molar refractivity (Wildman–Crippen MR) is 122 cm³/mol. The summed E-state index contributed by atoms with van der Waals surface area (Å²) in [6.07, 6.45) is 8.22. The lowest BCUT2D eigenvalue weighted by molar-refractivity contribution is 0.374. The molecule has 2 unspecified atom stereocenters. The van der Waals surface area contributed by atoms with Gasteiger partial charge in [0.1, 0.15) is 16.5 Å². The SMILES string of the molecule is COc1cc(OC)c(Cl)c(N2Cc3cnc4[nH]ncc4c3N(c3cnn(C)c3)C3CC32)c1F. The van der Waals surface area contributed by atoms with E-state index in [2.05, 4.69) is 25.2 Å². The van der Waals surface area contributed by atoms with Gasteiger partial charge >= 0.3 is 0 Å². The van der Waals surface area contributed by atoms with Crippen LogP contribution in [0.25, 0.3) is 11.0 Å². The number of benzene rings is 1. The number of aromatic amines is 1. The molecule has 1 fully saturated rings. The first-order valence-electron chi connectivity index (χ1n) is 10.5. The first-order chi connectivity index (χ1) is 16.0. The molecule has 4 heterocycles. The van der Waals surface area contributed by atoms with Crippen molar-refractivity contribution in [3.05, 3.63) is 47.3 Å². The molecule has 1 aliphatic carbocycles. The zero-order valence-corrected chi connectivity index (χ0v) is 19.0. The van der Waals surface area contributed by atoms with Crippen LogP contribution in [0.15, 0.2) is 30.9 Å². The number of anilines is 3. The van der Waals surface area contributed by atoms with Crippen LogP contribution in [0.2, 0.25) is 5.02 Å². The average molecular weight is 470 g/mol. The molecule has 3 aromatic heterocycles. The fourth-order valence-electron chi connectivity index (χ4n) is 4.80. The van der Waals surface area contributed by atoms with E-state index >= 15 is 4.39 Å². The molecule has 2 aliphatic rings. The number of fused-ring (bicyclic) bond motifs is 4. The monoisotopic (exact) mass is 469 g/mol. The summed E-state index contributed by atoms with van der Waals surface area (Å²) < 4.78 is 28.1. The number of rotatable bonds is 4. The molecule has 11 heteroatoms. The Labute approximate surface area is 193 Å². The molecule has 6 rings (SSSR count). The largest absolute Gasteiger partial charge is 0.495 e. The van der Waals surface area contributed by atoms with Gasteiger partial charge in [0.15, 0.2) is 17.2 Å². The second-order valence-electron chi connectivity index (χ2n) is 8.26. The zero-order valence-electron chi connectivity index (χ0n) is 18.2. The Balaban J connectivity index is 1.57. The fourth-order valence-corrected chi connectivity index (χ4v) is 5.12. The van der Waals surface area contributed by atoms with Crippen LogP contribution in [0.1, 0.15) is 12.0 Å². The van der Waals surface area contributed by atoms with Crippen LogP contribution in [0.4, 0.5) is 21.5 Å². The Morgan fingerprint density at radius 1 is 1.12 bits per heavy atom. The maximum Gasteiger partial charge on any atom is 0.190 e. The van der Waals surface area contributed by atoms with Crippen molar-refractivity contribution in [1.29, 1.82) is 0 Å². The number of nitrogens with one attached hydrogen (secondary N) is 1. The van der Waals surface area contributed by atoms with Gasteiger partial charge in [0.25, 0.3) is 0 Å². The number of hydrogen-bond donors (Lipinski definition) is 1. The lowest BCUT2D eigenvalue weighted by Gasteiger charge is -2.27. The Bertz CT molecular complexity index is 1360. The van der Waals surface area contributed by atoms with Gasteiger partial charge in [0, 0.05) is 37.6 Å². The summed E-state index contributed by atoms with van der Waals surface area (Å²) in [5.41, 5.74) is 3.84. The van der Waals surface area contributed by atoms with Crippen LogP contribution in [0, 0.1) is 5.82 Å². The number of hydrogen-bond acceptors (Lipinski definition) is 7. The van der Waals surface area contributed by atoms with Gasteiger partial charge in [-0.05, 0) is 6.42 Å². The molecule has 0 saturated heterocycles. The molecule has 4 aromatic rings. The minimum absolute atomic E-state index is 0.0170. The third kappa shape index (κ3) is 2.93. The van der Waals surface area contributed by atoms with E-state index in [0.29, 0.717) is 17.9 Å². The predicted octanol–water partition coefficient (Wildman–Crippen LogP) is 3.80. The van der Waals surface area contributed by atoms with Gasteiger partial charge in [0.2, 0.25) is 0 Å². The van der Waals surface area contributed by atoms with E-state index in [4.69, 9.17) is 21.1 Å². The lowest BCUT2D eigenvalue weighted by Crippen LogP contribution is -2.30. The molecule has 0 radical (unpaired) electrons. The summed E-state index contributed by atoms with van der Waals surface area (Å²) >= 11 is 6.66. The number of halogens is 2. The smallest absolute Gasteiger partial charge is 0.190 e. The number of methoxy groups -OCH3 is 2. The molecule has 170 valence electrons. The second-order valence-corrected chi connectivity index (χ2v) is 8.64. The van der Waals surface area contributed by atoms with Crippen molar-refractivity contribution in [2.45, 2.75) is 25.0 Å². The molecular weight excluding hydrogens is 449 g/mol. The van der Waals surface area contributed by atoms with Crippen molar-refractivity contribution in [1.82, 2.24) is 25.0 Å². The van der Waals surface area contributed by atoms with Crippen LogP contribution < -0.4 is 19.3 Å². The normalized spacial score (nSPS) is 19.3. The topological polar surface area (TPSA) is 84.3 Å². The van der Waals surface area contributed by atoms with Crippen molar-refractivity contribution < 1.29 is 13.9 Å². The third-order valence-electron chi connectivity index (χ3n) is 6.37. The molecular formula is C22H21ClFN7O2. The van der Waals surface area contributed by atoms with Crippen molar-refractivity contribution in [2.75, 3.05) is 24.0 Å². The highest BCUT2D eigenvalue weighted by molar-refractivity contribution is 6.35. The number of H-pyrrole nitrogens is 1. The standard InChI is InChI=1S/C22H21ClFN7O2/c1-29-10-12(7-27-29)31-15-4-14(15)30(9-11-6-25-22-13(20(11)31)8-26-28-22)21-18(23)16(32-2)5-17(33-3)19(21)24/h5-8,10,14-15H,4,9H2,1-3H3,(H,25,26,28). The molecule has 2 atom stereocenters. The van der Waals surface area contributed by atoms with Gasteiger partial charge in [-0.1, -0.05) is 11.6 Å². The summed E-state index contributed by atoms with van der Waals surface area (Å²) in [6.45, 7) is 0.411. The van der Waals surface area contributed by atoms with Crippen LogP contribution in [0.3, 0.4) is 0 Å². The molecule has 1 saturated carbocycles. The zero-order chi connectivity index (χ0) is 22.9. The number of aryl methyl sites for hydroxylation is 1. The molecule has 33 heavy (non-hydrogen) atoms. The number of nitrogens with zero attached hydrogens (tertiary/aromatic N) is 6. The summed E-state index contributed by atoms with van der Waals surface area (Å²) in [6, 6.07) is 1.57. The van der Waals surface area contributed by atoms with E-state index in [1.54, 1.807) is 17.1 Å². The Kier molecular flexibility index (Phi) is 4.41. The molecule has 0 amide bonds. The Morgan fingerprint density at radius 2 is 1.94 bits per heavy atom. The number of pyridine rings is 1. The number of ether oxygens (including phenoxy) is 2. The summed E-state index contributed by atoms with van der Waals surface area (Å²) in [4.78, 5) is 8.80. The molecule has 9 nitrogen and oxygen atoms in total. The van der Waals surface area contributed by atoms with Crippen molar-refractivity contribution in [2.24, 2.45) is 7.05 Å². The Hall–Kier alpha value is -3.53. The maximum absolute atomic E-state index is 15.6. The van der Waals surface area contributed by atoms with E-state index in [1.807, 2.05) is 24.3 Å². The lowest BCUT2D eigenvalue weighted by atomic mass is 10.1. The highest BCUT2D eigenvalue weighted by Crippen LogP contribution is 2.52. The minimum Gasteiger partial charge on any atom is -0.495 e. The van der Waals surface area contributed by atoms with E-state index in [0.717, 1.165) is 28.7 Å². The van der Waals surface area contributed by atoms with E-state index in [1.165, 1.54) is 20.3 Å². The van der Waals surface area contributed by atoms with Gasteiger partial charge in [-0.3, -0.25) is 9.78 Å². The summed E-state index contributed by atoms with van der Waals surface area (Å²) in [7, 11) is 4.82. The van der Waals surface area contributed by atoms with Crippen LogP contribution >= 0.6 is 11.6 Å². The summed E-state index contributed by atoms with van der Waals surface area (Å²) in [5.74, 6) is -0.0674. The summed E-state index contributed by atoms with van der Waals surface area (Å²) in [5, 5.41) is 12.6. The molecule has 1 N–H and O–H groups in total. The van der Waals surface area contributed by atoms with Crippen molar-refractivity contribution in [3.8, 4) is 11.5 Å². The van der Waals surface area contributed by atoms with Crippen LogP contribution in [-0.2, 0) is 13.6 Å². The quantitative estimate of drug-likeness (QED) is 0.486. The first-order valence-corrected chi connectivity index (χ1v) is 10.8. The fraction of sp³-hybridized carbons (Fsp3) is 0.318. The van der Waals surface area contributed by atoms with Crippen LogP contribution in [0.5, 0.6) is 11.5 Å². The van der Waals surface area contributed by atoms with E-state index < -0.39 is 5.82 Å². The van der Waals surface area contributed by atoms with Gasteiger partial charge in [-0.15, -0.1) is 0 Å². The third-order valence-corrected chi connectivity index (χ3v) is 6.74. The van der Waals surface area contributed by atoms with E-state index in [9.17, 15) is 0 Å². The van der Waals surface area contributed by atoms with Gasteiger partial charge in [-0.2, -0.15) is 10.2 Å². The molecule has 0 bridgehead atoms. The van der Waals surface area contributed by atoms with Crippen LogP contribution in [-0.4, -0.2) is 51.3 Å². The van der Waals surface area contributed by atoms with Crippen molar-refractivity contribution in [3.63, 3.8) is 0 Å². The minimum atomic E-state index is -0.511. The van der Waals surface area contributed by atoms with Gasteiger partial charge in [-0.25, -0.2) is 9.37 Å². The number of aromatic nitrogens is 5. The average Bonchev–Trinajstić information content (AvgIpc) is 3.25. The van der Waals surface area contributed by atoms with Gasteiger partial charge in [0.05, 0.1) is 55.5 Å².